The first-order chi connectivity index (χ1) is 20.3. The summed E-state index contributed by atoms with van der Waals surface area (Å²) in [5, 5.41) is 7.63. The number of hydrogen-bond acceptors (Lipinski definition) is 9. The van der Waals surface area contributed by atoms with Crippen LogP contribution in [-0.4, -0.2) is 93.3 Å². The molecule has 2 fully saturated rings. The van der Waals surface area contributed by atoms with Crippen LogP contribution in [0.25, 0.3) is 21.8 Å². The monoisotopic (exact) mass is 614 g/mol. The Balaban J connectivity index is 1.42. The molecular weight excluding hydrogens is 586 g/mol. The van der Waals surface area contributed by atoms with Gasteiger partial charge in [-0.05, 0) is 38.6 Å². The van der Waals surface area contributed by atoms with E-state index in [1.807, 2.05) is 4.90 Å². The lowest BCUT2D eigenvalue weighted by atomic mass is 10.0. The van der Waals surface area contributed by atoms with E-state index in [0.717, 1.165) is 25.8 Å². The molecule has 2 aliphatic heterocycles. The summed E-state index contributed by atoms with van der Waals surface area (Å²) in [6, 6.07) is 3.27. The fraction of sp³-hybridized carbons (Fsp3) is 0.393. The van der Waals surface area contributed by atoms with E-state index in [1.54, 1.807) is 11.0 Å². The number of benzene rings is 1. The summed E-state index contributed by atoms with van der Waals surface area (Å²) in [5.41, 5.74) is 0.721. The van der Waals surface area contributed by atoms with Gasteiger partial charge in [-0.25, -0.2) is 4.39 Å². The zero-order valence-electron chi connectivity index (χ0n) is 22.9. The molecule has 42 heavy (non-hydrogen) atoms. The van der Waals surface area contributed by atoms with Crippen LogP contribution in [0.4, 0.5) is 10.2 Å². The van der Waals surface area contributed by atoms with Gasteiger partial charge in [0.25, 0.3) is 0 Å². The third kappa shape index (κ3) is 5.53. The first kappa shape index (κ1) is 28.4. The van der Waals surface area contributed by atoms with Crippen molar-refractivity contribution in [3.05, 3.63) is 47.0 Å². The number of nitrogens with zero attached hydrogens (tertiary/aromatic N) is 7. The van der Waals surface area contributed by atoms with E-state index in [1.165, 1.54) is 18.3 Å². The van der Waals surface area contributed by atoms with Gasteiger partial charge >= 0.3 is 6.01 Å². The number of pyridine rings is 1. The van der Waals surface area contributed by atoms with E-state index in [0.29, 0.717) is 60.4 Å². The zero-order chi connectivity index (χ0) is 29.4. The summed E-state index contributed by atoms with van der Waals surface area (Å²) in [6.07, 6.45) is 6.10. The highest BCUT2D eigenvalue weighted by Crippen LogP contribution is 2.41. The summed E-state index contributed by atoms with van der Waals surface area (Å²) < 4.78 is 27.0. The number of fused-ring (bicyclic) bond motifs is 2. The van der Waals surface area contributed by atoms with Crippen LogP contribution in [-0.2, 0) is 4.79 Å². The molecule has 4 aromatic rings. The molecule has 0 saturated carbocycles. The van der Waals surface area contributed by atoms with Gasteiger partial charge in [0, 0.05) is 38.3 Å². The van der Waals surface area contributed by atoms with Gasteiger partial charge in [0.15, 0.2) is 5.75 Å². The number of likely N-dealkylation sites (tertiary alicyclic amines) is 1. The van der Waals surface area contributed by atoms with Crippen LogP contribution in [0.3, 0.4) is 0 Å². The molecule has 1 amide bonds. The summed E-state index contributed by atoms with van der Waals surface area (Å²) in [4.78, 5) is 32.1. The lowest BCUT2D eigenvalue weighted by Gasteiger charge is -2.35. The van der Waals surface area contributed by atoms with Crippen molar-refractivity contribution in [1.29, 1.82) is 0 Å². The fourth-order valence-corrected chi connectivity index (χ4v) is 5.79. The fourth-order valence-electron chi connectivity index (χ4n) is 5.41. The quantitative estimate of drug-likeness (QED) is 0.231. The van der Waals surface area contributed by atoms with Crippen molar-refractivity contribution in [2.24, 2.45) is 0 Å². The molecule has 3 aromatic heterocycles. The molecule has 1 N–H and O–H groups in total. The highest BCUT2D eigenvalue weighted by Gasteiger charge is 2.27. The van der Waals surface area contributed by atoms with Crippen molar-refractivity contribution >= 4 is 56.7 Å². The van der Waals surface area contributed by atoms with Gasteiger partial charge in [0.1, 0.15) is 33.9 Å². The summed E-state index contributed by atoms with van der Waals surface area (Å²) in [6.45, 7) is 7.00. The molecule has 220 valence electrons. The summed E-state index contributed by atoms with van der Waals surface area (Å²) >= 11 is 12.8. The Morgan fingerprint density at radius 3 is 2.71 bits per heavy atom. The largest absolute Gasteiger partial charge is 0.462 e. The van der Waals surface area contributed by atoms with Crippen LogP contribution in [0.2, 0.25) is 10.2 Å². The zero-order valence-corrected chi connectivity index (χ0v) is 24.5. The van der Waals surface area contributed by atoms with Crippen molar-refractivity contribution in [2.45, 2.75) is 25.3 Å². The summed E-state index contributed by atoms with van der Waals surface area (Å²) in [7, 11) is 2.08. The third-order valence-electron chi connectivity index (χ3n) is 7.76. The molecule has 5 heterocycles. The van der Waals surface area contributed by atoms with E-state index in [2.05, 4.69) is 33.7 Å². The number of piperazine rings is 1. The Morgan fingerprint density at radius 2 is 1.95 bits per heavy atom. The first-order valence-electron chi connectivity index (χ1n) is 13.7. The molecule has 0 radical (unpaired) electrons. The highest BCUT2D eigenvalue weighted by molar-refractivity contribution is 6.33. The average Bonchev–Trinajstić information content (AvgIpc) is 3.46. The van der Waals surface area contributed by atoms with Gasteiger partial charge in [0.05, 0.1) is 22.5 Å². The molecule has 0 aliphatic carbocycles. The Hall–Kier alpha value is -3.74. The number of piperidine rings is 1. The minimum absolute atomic E-state index is 0.0104. The van der Waals surface area contributed by atoms with Crippen LogP contribution >= 0.6 is 23.2 Å². The number of amides is 1. The van der Waals surface area contributed by atoms with E-state index < -0.39 is 5.82 Å². The topological polar surface area (TPSA) is 113 Å². The van der Waals surface area contributed by atoms with Gasteiger partial charge in [-0.3, -0.25) is 9.89 Å². The van der Waals surface area contributed by atoms with Gasteiger partial charge in [-0.2, -0.15) is 20.1 Å². The predicted octanol–water partition coefficient (Wildman–Crippen LogP) is 4.84. The van der Waals surface area contributed by atoms with Gasteiger partial charge in [-0.1, -0.05) is 36.2 Å². The number of H-pyrrole nitrogens is 1. The van der Waals surface area contributed by atoms with Crippen LogP contribution in [0.5, 0.6) is 17.6 Å². The average molecular weight is 615 g/mol. The van der Waals surface area contributed by atoms with Gasteiger partial charge in [0.2, 0.25) is 11.8 Å². The summed E-state index contributed by atoms with van der Waals surface area (Å²) in [5.74, 6) is -0.206. The molecule has 1 atom stereocenters. The maximum atomic E-state index is 14.7. The number of carbonyl (C=O) groups excluding carboxylic acids is 1. The van der Waals surface area contributed by atoms with E-state index >= 15 is 0 Å². The molecule has 6 rings (SSSR count). The SMILES string of the molecule is C=CC(=O)N1CCN(c2nc(OC[C@H]3CCCCN3C)nc3c(Oc4c(Cl)c(F)cc5[nH]ncc45)nc(Cl)cc23)CC1. The van der Waals surface area contributed by atoms with Crippen molar-refractivity contribution in [2.75, 3.05) is 51.3 Å². The molecule has 0 spiro atoms. The van der Waals surface area contributed by atoms with Crippen molar-refractivity contribution in [3.8, 4) is 17.6 Å². The number of carbonyl (C=O) groups is 1. The molecule has 0 unspecified atom stereocenters. The van der Waals surface area contributed by atoms with Crippen LogP contribution in [0, 0.1) is 5.82 Å². The van der Waals surface area contributed by atoms with Crippen molar-refractivity contribution < 1.29 is 18.7 Å². The van der Waals surface area contributed by atoms with E-state index in [9.17, 15) is 9.18 Å². The number of rotatable bonds is 7. The van der Waals surface area contributed by atoms with Crippen LogP contribution in [0.1, 0.15) is 19.3 Å². The Labute approximate surface area is 251 Å². The Kier molecular flexibility index (Phi) is 8.02. The lowest BCUT2D eigenvalue weighted by molar-refractivity contribution is -0.126. The van der Waals surface area contributed by atoms with E-state index in [-0.39, 0.29) is 39.8 Å². The van der Waals surface area contributed by atoms with E-state index in [4.69, 9.17) is 42.6 Å². The number of halogens is 3. The second-order valence-corrected chi connectivity index (χ2v) is 11.1. The molecular formula is C28H29Cl2FN8O3. The normalized spacial score (nSPS) is 18.0. The number of aromatic nitrogens is 5. The van der Waals surface area contributed by atoms with Crippen molar-refractivity contribution in [3.63, 3.8) is 0 Å². The Bertz CT molecular complexity index is 1660. The molecule has 2 saturated heterocycles. The maximum absolute atomic E-state index is 14.7. The molecule has 11 nitrogen and oxygen atoms in total. The molecule has 0 bridgehead atoms. The van der Waals surface area contributed by atoms with Crippen LogP contribution < -0.4 is 14.4 Å². The number of nitrogens with one attached hydrogen (secondary N) is 1. The number of anilines is 1. The number of hydrogen-bond donors (Lipinski definition) is 1. The lowest BCUT2D eigenvalue weighted by Crippen LogP contribution is -2.48. The van der Waals surface area contributed by atoms with Crippen molar-refractivity contribution in [1.82, 2.24) is 34.9 Å². The standard InChI is InChI=1S/C28H29Cl2FN8O3/c1-3-22(40)38-8-10-39(11-9-38)26-17-12-21(29)33-27(42-25-18-14-32-36-20(18)13-19(31)23(25)30)24(17)34-28(35-26)41-15-16-6-4-5-7-37(16)2/h3,12-14,16H,1,4-11,15H2,2H3,(H,32,36)/t16-/m1/s1. The molecule has 2 aliphatic rings. The number of aromatic amines is 1. The van der Waals surface area contributed by atoms with Crippen LogP contribution in [0.15, 0.2) is 31.0 Å². The predicted molar refractivity (Wildman–Crippen MR) is 158 cm³/mol. The minimum Gasteiger partial charge on any atom is -0.462 e. The molecule has 14 heteroatoms. The Morgan fingerprint density at radius 1 is 1.14 bits per heavy atom. The second-order valence-electron chi connectivity index (χ2n) is 10.4. The smallest absolute Gasteiger partial charge is 0.319 e. The minimum atomic E-state index is -0.683. The van der Waals surface area contributed by atoms with Gasteiger partial charge in [-0.15, -0.1) is 0 Å². The highest BCUT2D eigenvalue weighted by atomic mass is 35.5. The maximum Gasteiger partial charge on any atom is 0.319 e. The first-order valence-corrected chi connectivity index (χ1v) is 14.4. The third-order valence-corrected chi connectivity index (χ3v) is 8.31. The molecule has 1 aromatic carbocycles. The van der Waals surface area contributed by atoms with Gasteiger partial charge < -0.3 is 24.2 Å². The second kappa shape index (κ2) is 11.9. The number of ether oxygens (including phenoxy) is 2. The number of likely N-dealkylation sites (N-methyl/N-ethyl adjacent to an activating group) is 1.